The van der Waals surface area contributed by atoms with E-state index in [2.05, 4.69) is 26.3 Å². The van der Waals surface area contributed by atoms with Gasteiger partial charge >= 0.3 is 23.9 Å². The van der Waals surface area contributed by atoms with E-state index in [0.29, 0.717) is 0 Å². The van der Waals surface area contributed by atoms with Crippen molar-refractivity contribution in [1.82, 2.24) is 0 Å². The van der Waals surface area contributed by atoms with Crippen molar-refractivity contribution in [3.05, 3.63) is 49.1 Å². The Bertz CT molecular complexity index is 764. The van der Waals surface area contributed by atoms with Crippen LogP contribution in [0, 0.1) is 0 Å². The molecule has 0 aliphatic carbocycles. The van der Waals surface area contributed by atoms with Crippen molar-refractivity contribution in [1.29, 1.82) is 0 Å². The second-order valence-electron chi connectivity index (χ2n) is 6.73. The number of hydrogen-bond donors (Lipinski definition) is 0. The van der Waals surface area contributed by atoms with E-state index in [-0.39, 0.29) is 29.9 Å². The molecule has 1 saturated heterocycles. The summed E-state index contributed by atoms with van der Waals surface area (Å²) in [4.78, 5) is 47.8. The highest BCUT2D eigenvalue weighted by atomic mass is 16.7. The molecule has 9 nitrogen and oxygen atoms in total. The predicted octanol–water partition coefficient (Wildman–Crippen LogP) is 1.58. The second kappa shape index (κ2) is 11.1. The summed E-state index contributed by atoms with van der Waals surface area (Å²) in [5.74, 6) is -3.07. The lowest BCUT2D eigenvalue weighted by Crippen LogP contribution is -2.59. The van der Waals surface area contributed by atoms with Crippen LogP contribution in [0.25, 0.3) is 0 Å². The van der Waals surface area contributed by atoms with E-state index in [4.69, 9.17) is 23.7 Å². The molecule has 0 bridgehead atoms. The zero-order chi connectivity index (χ0) is 23.0. The third kappa shape index (κ3) is 7.00. The van der Waals surface area contributed by atoms with E-state index in [9.17, 15) is 19.2 Å². The van der Waals surface area contributed by atoms with Crippen LogP contribution >= 0.6 is 0 Å². The second-order valence-corrected chi connectivity index (χ2v) is 6.73. The van der Waals surface area contributed by atoms with Crippen molar-refractivity contribution in [2.45, 2.75) is 45.2 Å². The first-order valence-corrected chi connectivity index (χ1v) is 8.98. The van der Waals surface area contributed by atoms with Crippen LogP contribution in [0.1, 0.15) is 20.8 Å². The lowest BCUT2D eigenvalue weighted by Gasteiger charge is -2.40. The van der Waals surface area contributed by atoms with Crippen LogP contribution in [0.5, 0.6) is 0 Å². The smallest absolute Gasteiger partial charge is 0.333 e. The van der Waals surface area contributed by atoms with Gasteiger partial charge in [-0.15, -0.1) is 0 Å². The number of esters is 4. The molecule has 0 radical (unpaired) electrons. The van der Waals surface area contributed by atoms with E-state index >= 15 is 0 Å². The van der Waals surface area contributed by atoms with E-state index < -0.39 is 48.3 Å². The van der Waals surface area contributed by atoms with E-state index in [1.165, 1.54) is 20.8 Å². The summed E-state index contributed by atoms with van der Waals surface area (Å²) in [5.41, 5.74) is 0.256. The Morgan fingerprint density at radius 3 is 1.80 bits per heavy atom. The summed E-state index contributed by atoms with van der Waals surface area (Å²) < 4.78 is 26.7. The largest absolute Gasteiger partial charge is 0.460 e. The van der Waals surface area contributed by atoms with E-state index in [1.54, 1.807) is 0 Å². The SMILES string of the molecule is C=CC(=O)OCC1OC[C@@H](OC(=O)C(=C)C)[C@@H](OC(=O)C(=C)C)[C@@H]1OC(=O)C(=C)C. The number of rotatable bonds is 9. The summed E-state index contributed by atoms with van der Waals surface area (Å²) in [6.07, 6.45) is -3.71. The van der Waals surface area contributed by atoms with Crippen LogP contribution in [0.3, 0.4) is 0 Å². The predicted molar refractivity (Wildman–Crippen MR) is 105 cm³/mol. The van der Waals surface area contributed by atoms with Gasteiger partial charge in [-0.3, -0.25) is 0 Å². The molecular weight excluding hydrogens is 396 g/mol. The zero-order valence-electron chi connectivity index (χ0n) is 17.3. The molecule has 1 rings (SSSR count). The standard InChI is InChI=1S/C21H26O9/c1-8-16(22)27-9-14-17(29-20(24)12(4)5)18(30-21(25)13(6)7)15(10-26-14)28-19(23)11(2)3/h8,14-15,17-18H,1-2,4,6,9-10H2,3,5,7H3/t14?,15-,17-,18-/m1/s1. The molecule has 30 heavy (non-hydrogen) atoms. The molecule has 4 atom stereocenters. The fourth-order valence-electron chi connectivity index (χ4n) is 2.27. The Hall–Kier alpha value is -3.20. The molecule has 1 unspecified atom stereocenters. The highest BCUT2D eigenvalue weighted by Crippen LogP contribution is 2.26. The number of carbonyl (C=O) groups excluding carboxylic acids is 4. The van der Waals surface area contributed by atoms with Gasteiger partial charge < -0.3 is 23.7 Å². The van der Waals surface area contributed by atoms with Crippen molar-refractivity contribution in [2.24, 2.45) is 0 Å². The first kappa shape index (κ1) is 24.8. The van der Waals surface area contributed by atoms with Gasteiger partial charge in [-0.05, 0) is 20.8 Å². The quantitative estimate of drug-likeness (QED) is 0.310. The first-order valence-electron chi connectivity index (χ1n) is 8.98. The lowest BCUT2D eigenvalue weighted by atomic mass is 9.99. The van der Waals surface area contributed by atoms with E-state index in [0.717, 1.165) is 6.08 Å². The van der Waals surface area contributed by atoms with Gasteiger partial charge in [0, 0.05) is 22.8 Å². The molecule has 1 heterocycles. The van der Waals surface area contributed by atoms with Crippen LogP contribution < -0.4 is 0 Å². The Balaban J connectivity index is 3.25. The molecule has 0 saturated carbocycles. The Labute approximate surface area is 174 Å². The summed E-state index contributed by atoms with van der Waals surface area (Å²) in [6, 6.07) is 0. The molecule has 9 heteroatoms. The normalized spacial score (nSPS) is 22.8. The van der Waals surface area contributed by atoms with E-state index in [1.807, 2.05) is 0 Å². The Morgan fingerprint density at radius 2 is 1.33 bits per heavy atom. The molecule has 0 spiro atoms. The molecular formula is C21H26O9. The molecule has 164 valence electrons. The van der Waals surface area contributed by atoms with Crippen molar-refractivity contribution >= 4 is 23.9 Å². The minimum atomic E-state index is -1.27. The van der Waals surface area contributed by atoms with Gasteiger partial charge in [0.1, 0.15) is 12.7 Å². The third-order valence-electron chi connectivity index (χ3n) is 3.88. The molecule has 0 N–H and O–H groups in total. The number of ether oxygens (including phenoxy) is 5. The average molecular weight is 422 g/mol. The van der Waals surface area contributed by atoms with Crippen LogP contribution in [0.4, 0.5) is 0 Å². The maximum absolute atomic E-state index is 12.2. The van der Waals surface area contributed by atoms with Gasteiger partial charge in [-0.25, -0.2) is 19.2 Å². The maximum Gasteiger partial charge on any atom is 0.333 e. The molecule has 0 aromatic heterocycles. The third-order valence-corrected chi connectivity index (χ3v) is 3.88. The zero-order valence-corrected chi connectivity index (χ0v) is 17.3. The molecule has 0 amide bonds. The van der Waals surface area contributed by atoms with Crippen molar-refractivity contribution < 1.29 is 42.9 Å². The first-order chi connectivity index (χ1) is 14.0. The van der Waals surface area contributed by atoms with Gasteiger partial charge in [0.05, 0.1) is 6.61 Å². The van der Waals surface area contributed by atoms with Gasteiger partial charge in [-0.2, -0.15) is 0 Å². The molecule has 1 aliphatic rings. The number of carbonyl (C=O) groups is 4. The maximum atomic E-state index is 12.2. The van der Waals surface area contributed by atoms with Crippen molar-refractivity contribution in [2.75, 3.05) is 13.2 Å². The average Bonchev–Trinajstić information content (AvgIpc) is 2.68. The lowest BCUT2D eigenvalue weighted by molar-refractivity contribution is -0.229. The van der Waals surface area contributed by atoms with Gasteiger partial charge in [0.15, 0.2) is 18.3 Å². The minimum absolute atomic E-state index is 0.0721. The van der Waals surface area contributed by atoms with Crippen molar-refractivity contribution in [3.8, 4) is 0 Å². The van der Waals surface area contributed by atoms with Crippen molar-refractivity contribution in [3.63, 3.8) is 0 Å². The van der Waals surface area contributed by atoms with Gasteiger partial charge in [0.25, 0.3) is 0 Å². The molecule has 0 aromatic rings. The topological polar surface area (TPSA) is 114 Å². The fourth-order valence-corrected chi connectivity index (χ4v) is 2.27. The minimum Gasteiger partial charge on any atom is -0.460 e. The monoisotopic (exact) mass is 422 g/mol. The van der Waals surface area contributed by atoms with Gasteiger partial charge in [0.2, 0.25) is 0 Å². The van der Waals surface area contributed by atoms with Gasteiger partial charge in [-0.1, -0.05) is 26.3 Å². The van der Waals surface area contributed by atoms with Crippen LogP contribution in [0.2, 0.25) is 0 Å². The number of hydrogen-bond acceptors (Lipinski definition) is 9. The Kier molecular flexibility index (Phi) is 9.19. The summed E-state index contributed by atoms with van der Waals surface area (Å²) >= 11 is 0. The highest BCUT2D eigenvalue weighted by Gasteiger charge is 2.48. The van der Waals surface area contributed by atoms with Crippen LogP contribution in [-0.2, 0) is 42.9 Å². The van der Waals surface area contributed by atoms with Crippen LogP contribution in [-0.4, -0.2) is 61.5 Å². The van der Waals surface area contributed by atoms with Crippen LogP contribution in [0.15, 0.2) is 49.1 Å². The molecule has 1 aliphatic heterocycles. The highest BCUT2D eigenvalue weighted by molar-refractivity contribution is 5.88. The fraction of sp³-hybridized carbons (Fsp3) is 0.429. The summed E-state index contributed by atoms with van der Waals surface area (Å²) in [5, 5.41) is 0. The molecule has 1 fully saturated rings. The summed E-state index contributed by atoms with van der Waals surface area (Å²) in [7, 11) is 0. The Morgan fingerprint density at radius 1 is 0.867 bits per heavy atom. The molecule has 0 aromatic carbocycles. The summed E-state index contributed by atoms with van der Waals surface area (Å²) in [6.45, 7) is 17.5.